The molecule has 0 saturated carbocycles. The van der Waals surface area contributed by atoms with Gasteiger partial charge >= 0.3 is 7.82 Å². The number of thiol groups is 1. The molecule has 0 aromatic carbocycles. The number of rotatable bonds is 7. The number of aliphatic hydroxyl groups excluding tert-OH is 3. The molecule has 0 radical (unpaired) electrons. The smallest absolute Gasteiger partial charge is 0.389 e. The third-order valence-electron chi connectivity index (χ3n) is 1.65. The molecule has 5 N–H and O–H groups in total. The van der Waals surface area contributed by atoms with E-state index in [1.165, 1.54) is 0 Å². The van der Waals surface area contributed by atoms with Crippen molar-refractivity contribution in [3.63, 3.8) is 0 Å². The van der Waals surface area contributed by atoms with Crippen LogP contribution in [0.4, 0.5) is 0 Å². The lowest BCUT2D eigenvalue weighted by Crippen LogP contribution is -2.44. The maximum absolute atomic E-state index is 10.3. The van der Waals surface area contributed by atoms with Gasteiger partial charge < -0.3 is 29.9 Å². The number of carbonyl (C=O) groups excluding carboxylic acids is 1. The fraction of sp³-hybridized carbons (Fsp3) is 0.833. The van der Waals surface area contributed by atoms with Crippen molar-refractivity contribution in [2.24, 2.45) is 0 Å². The monoisotopic (exact) mass is 276 g/mol. The Bertz CT molecular complexity index is 267. The minimum atomic E-state index is -4.69. The van der Waals surface area contributed by atoms with Gasteiger partial charge in [-0.1, -0.05) is 0 Å². The van der Waals surface area contributed by atoms with E-state index in [1.807, 2.05) is 0 Å². The lowest BCUT2D eigenvalue weighted by Gasteiger charge is -2.24. The zero-order chi connectivity index (χ0) is 12.9. The second-order valence-corrected chi connectivity index (χ2v) is 4.86. The van der Waals surface area contributed by atoms with Crippen LogP contribution in [0.15, 0.2) is 0 Å². The molecule has 16 heavy (non-hydrogen) atoms. The lowest BCUT2D eigenvalue weighted by atomic mass is 10.1. The summed E-state index contributed by atoms with van der Waals surface area (Å²) in [5, 5.41) is 26.2. The average molecular weight is 276 g/mol. The number of aliphatic hydroxyl groups is 3. The van der Waals surface area contributed by atoms with Gasteiger partial charge in [0.25, 0.3) is 0 Å². The molecular weight excluding hydrogens is 263 g/mol. The van der Waals surface area contributed by atoms with Crippen LogP contribution in [0.25, 0.3) is 0 Å². The summed E-state index contributed by atoms with van der Waals surface area (Å²) in [6.45, 7) is -0.656. The zero-order valence-corrected chi connectivity index (χ0v) is 9.74. The van der Waals surface area contributed by atoms with Crippen LogP contribution in [0, 0.1) is 0 Å². The summed E-state index contributed by atoms with van der Waals surface area (Å²) < 4.78 is 14.3. The predicted octanol–water partition coefficient (Wildman–Crippen LogP) is -2.32. The maximum atomic E-state index is 10.3. The number of phosphoric acid groups is 1. The van der Waals surface area contributed by atoms with Crippen molar-refractivity contribution in [1.29, 1.82) is 0 Å². The van der Waals surface area contributed by atoms with Gasteiger partial charge in [0.15, 0.2) is 6.29 Å². The van der Waals surface area contributed by atoms with Crippen LogP contribution in [0.5, 0.6) is 0 Å². The summed E-state index contributed by atoms with van der Waals surface area (Å²) in [6.07, 6.45) is -5.27. The molecule has 0 saturated heterocycles. The van der Waals surface area contributed by atoms with Gasteiger partial charge in [-0.25, -0.2) is 4.57 Å². The van der Waals surface area contributed by atoms with E-state index in [-0.39, 0.29) is 6.29 Å². The van der Waals surface area contributed by atoms with E-state index in [2.05, 4.69) is 17.2 Å². The lowest BCUT2D eigenvalue weighted by molar-refractivity contribution is -0.126. The molecule has 8 nitrogen and oxygen atoms in total. The van der Waals surface area contributed by atoms with Crippen molar-refractivity contribution in [2.75, 3.05) is 6.61 Å². The molecule has 0 fully saturated rings. The third kappa shape index (κ3) is 5.92. The number of hydrogen-bond acceptors (Lipinski definition) is 7. The van der Waals surface area contributed by atoms with Crippen molar-refractivity contribution in [3.05, 3.63) is 0 Å². The molecule has 0 heterocycles. The highest BCUT2D eigenvalue weighted by Gasteiger charge is 2.30. The Kier molecular flexibility index (Phi) is 6.68. The van der Waals surface area contributed by atoms with Crippen molar-refractivity contribution in [1.82, 2.24) is 0 Å². The highest BCUT2D eigenvalue weighted by Crippen LogP contribution is 2.36. The van der Waals surface area contributed by atoms with Crippen LogP contribution >= 0.6 is 20.5 Å². The van der Waals surface area contributed by atoms with Crippen LogP contribution in [0.1, 0.15) is 0 Å². The van der Waals surface area contributed by atoms with Crippen LogP contribution in [0.3, 0.4) is 0 Å². The molecule has 96 valence electrons. The van der Waals surface area contributed by atoms with E-state index >= 15 is 0 Å². The minimum absolute atomic E-state index is 0.0121. The van der Waals surface area contributed by atoms with E-state index in [0.717, 1.165) is 0 Å². The maximum Gasteiger partial charge on any atom is 0.469 e. The van der Waals surface area contributed by atoms with Crippen LogP contribution in [0.2, 0.25) is 0 Å². The van der Waals surface area contributed by atoms with E-state index in [4.69, 9.17) is 20.0 Å². The van der Waals surface area contributed by atoms with E-state index in [9.17, 15) is 14.5 Å². The van der Waals surface area contributed by atoms with Crippen LogP contribution in [-0.2, 0) is 13.9 Å². The quantitative estimate of drug-likeness (QED) is 0.173. The Morgan fingerprint density at radius 2 is 1.75 bits per heavy atom. The van der Waals surface area contributed by atoms with Crippen molar-refractivity contribution >= 4 is 26.7 Å². The zero-order valence-electron chi connectivity index (χ0n) is 7.95. The molecule has 0 aromatic heterocycles. The topological polar surface area (TPSA) is 145 Å². The molecular formula is C6H13O8PS. The average Bonchev–Trinajstić information content (AvgIpc) is 2.21. The number of aldehydes is 1. The fourth-order valence-corrected chi connectivity index (χ4v) is 1.51. The van der Waals surface area contributed by atoms with Gasteiger partial charge in [0.1, 0.15) is 12.2 Å². The van der Waals surface area contributed by atoms with E-state index in [0.29, 0.717) is 0 Å². The molecule has 0 unspecified atom stereocenters. The molecule has 0 spiro atoms. The first-order chi connectivity index (χ1) is 7.19. The molecule has 4 atom stereocenters. The van der Waals surface area contributed by atoms with Gasteiger partial charge in [0.2, 0.25) is 0 Å². The Morgan fingerprint density at radius 3 is 2.12 bits per heavy atom. The summed E-state index contributed by atoms with van der Waals surface area (Å²) in [6, 6.07) is 0. The van der Waals surface area contributed by atoms with Gasteiger partial charge in [0, 0.05) is 0 Å². The van der Waals surface area contributed by atoms with Crippen molar-refractivity contribution < 1.29 is 39.0 Å². The highest BCUT2D eigenvalue weighted by atomic mass is 32.1. The largest absolute Gasteiger partial charge is 0.469 e. The van der Waals surface area contributed by atoms with Crippen LogP contribution in [-0.4, -0.2) is 61.6 Å². The summed E-state index contributed by atoms with van der Waals surface area (Å²) in [7, 11) is -4.69. The fourth-order valence-electron chi connectivity index (χ4n) is 0.782. The minimum Gasteiger partial charge on any atom is -0.389 e. The number of hydrogen-bond donors (Lipinski definition) is 6. The second kappa shape index (κ2) is 6.67. The SMILES string of the molecule is O=C[C@H](O)[C@H](O)[C@H](O)[C@H](S)COP(=O)(O)O. The Morgan fingerprint density at radius 1 is 1.25 bits per heavy atom. The van der Waals surface area contributed by atoms with Crippen molar-refractivity contribution in [3.8, 4) is 0 Å². The normalized spacial score (nSPS) is 19.9. The molecule has 0 aliphatic rings. The van der Waals surface area contributed by atoms with Crippen LogP contribution < -0.4 is 0 Å². The Labute approximate surface area is 96.5 Å². The first-order valence-corrected chi connectivity index (χ1v) is 6.11. The highest BCUT2D eigenvalue weighted by molar-refractivity contribution is 7.81. The summed E-state index contributed by atoms with van der Waals surface area (Å²) in [5.74, 6) is 0. The van der Waals surface area contributed by atoms with Gasteiger partial charge in [0.05, 0.1) is 18.0 Å². The molecule has 0 aliphatic carbocycles. The van der Waals surface area contributed by atoms with E-state index < -0.39 is 38.0 Å². The second-order valence-electron chi connectivity index (χ2n) is 2.96. The van der Waals surface area contributed by atoms with Gasteiger partial charge in [-0.15, -0.1) is 0 Å². The molecule has 0 rings (SSSR count). The van der Waals surface area contributed by atoms with E-state index in [1.54, 1.807) is 0 Å². The standard InChI is InChI=1S/C6H13O8PS/c7-1-3(8)5(9)6(10)4(16)2-14-15(11,12)13/h1,3-6,8-10,16H,2H2,(H2,11,12,13)/t3-,4+,5-,6+/m0/s1. The first-order valence-electron chi connectivity index (χ1n) is 4.06. The predicted molar refractivity (Wildman–Crippen MR) is 54.9 cm³/mol. The van der Waals surface area contributed by atoms with Gasteiger partial charge in [-0.05, 0) is 0 Å². The van der Waals surface area contributed by atoms with Crippen molar-refractivity contribution in [2.45, 2.75) is 23.6 Å². The summed E-state index contributed by atoms with van der Waals surface area (Å²) >= 11 is 3.70. The Balaban J connectivity index is 4.22. The molecule has 0 aromatic rings. The summed E-state index contributed by atoms with van der Waals surface area (Å²) in [4.78, 5) is 26.8. The van der Waals surface area contributed by atoms with Gasteiger partial charge in [-0.3, -0.25) is 4.52 Å². The first kappa shape index (κ1) is 16.0. The molecule has 0 aliphatic heterocycles. The molecule has 0 amide bonds. The molecule has 0 bridgehead atoms. The molecule has 10 heteroatoms. The Hall–Kier alpha value is 0.0100. The summed E-state index contributed by atoms with van der Waals surface area (Å²) in [5.41, 5.74) is 0. The van der Waals surface area contributed by atoms with Gasteiger partial charge in [-0.2, -0.15) is 12.6 Å². The number of carbonyl (C=O) groups is 1. The third-order valence-corrected chi connectivity index (χ3v) is 2.59. The number of phosphoric ester groups is 1.